The van der Waals surface area contributed by atoms with E-state index >= 15 is 0 Å². The van der Waals surface area contributed by atoms with Gasteiger partial charge in [0.15, 0.2) is 0 Å². The molecule has 0 saturated carbocycles. The third-order valence-corrected chi connectivity index (χ3v) is 5.99. The largest absolute Gasteiger partial charge is 0.497 e. The minimum atomic E-state index is -3.71. The second-order valence-electron chi connectivity index (χ2n) is 5.14. The lowest BCUT2D eigenvalue weighted by Crippen LogP contribution is -2.15. The van der Waals surface area contributed by atoms with Crippen LogP contribution in [0.15, 0.2) is 46.2 Å². The van der Waals surface area contributed by atoms with Crippen molar-refractivity contribution in [3.8, 4) is 11.5 Å². The van der Waals surface area contributed by atoms with Crippen LogP contribution in [0.1, 0.15) is 0 Å². The van der Waals surface area contributed by atoms with Crippen molar-refractivity contribution >= 4 is 45.6 Å². The molecule has 136 valence electrons. The number of sulfonamides is 1. The van der Waals surface area contributed by atoms with Gasteiger partial charge in [0.1, 0.15) is 11.5 Å². The van der Waals surface area contributed by atoms with E-state index in [1.807, 2.05) is 6.07 Å². The fourth-order valence-electron chi connectivity index (χ4n) is 2.37. The second-order valence-corrected chi connectivity index (χ2v) is 7.96. The average Bonchev–Trinajstić information content (AvgIpc) is 2.60. The van der Waals surface area contributed by atoms with Crippen molar-refractivity contribution < 1.29 is 17.9 Å². The first kappa shape index (κ1) is 19.6. The van der Waals surface area contributed by atoms with Gasteiger partial charge in [0.25, 0.3) is 10.0 Å². The molecule has 25 heavy (non-hydrogen) atoms. The van der Waals surface area contributed by atoms with Gasteiger partial charge in [-0.2, -0.15) is 0 Å². The molecule has 0 amide bonds. The molecule has 1 heterocycles. The summed E-state index contributed by atoms with van der Waals surface area (Å²) in [5, 5.41) is 3.22. The van der Waals surface area contributed by atoms with E-state index in [0.29, 0.717) is 17.2 Å². The molecule has 0 spiro atoms. The van der Waals surface area contributed by atoms with Gasteiger partial charge >= 0.3 is 0 Å². The van der Waals surface area contributed by atoms with Crippen molar-refractivity contribution in [2.24, 2.45) is 0 Å². The highest BCUT2D eigenvalue weighted by Gasteiger charge is 2.18. The van der Waals surface area contributed by atoms with Crippen LogP contribution in [-0.4, -0.2) is 34.9 Å². The highest BCUT2D eigenvalue weighted by Crippen LogP contribution is 2.33. The van der Waals surface area contributed by atoms with E-state index in [0.717, 1.165) is 22.9 Å². The van der Waals surface area contributed by atoms with E-state index < -0.39 is 10.0 Å². The number of hydrogen-bond acceptors (Lipinski definition) is 6. The normalized spacial score (nSPS) is 13.0. The monoisotopic (exact) mass is 402 g/mol. The van der Waals surface area contributed by atoms with Crippen LogP contribution in [0.25, 0.3) is 0 Å². The Bertz CT molecular complexity index is 837. The first-order valence-electron chi connectivity index (χ1n) is 7.28. The van der Waals surface area contributed by atoms with Crippen molar-refractivity contribution in [1.82, 2.24) is 0 Å². The van der Waals surface area contributed by atoms with Crippen LogP contribution in [0.3, 0.4) is 0 Å². The maximum atomic E-state index is 12.7. The van der Waals surface area contributed by atoms with Gasteiger partial charge in [-0.25, -0.2) is 8.42 Å². The Balaban J connectivity index is 0.00000225. The zero-order valence-corrected chi connectivity index (χ0v) is 16.2. The summed E-state index contributed by atoms with van der Waals surface area (Å²) >= 11 is 1.71. The molecule has 2 aromatic rings. The van der Waals surface area contributed by atoms with Gasteiger partial charge in [0.05, 0.1) is 24.8 Å². The number of nitrogens with one attached hydrogen (secondary N) is 2. The predicted molar refractivity (Wildman–Crippen MR) is 103 cm³/mol. The smallest absolute Gasteiger partial charge is 0.261 e. The molecule has 0 bridgehead atoms. The molecule has 0 aromatic heterocycles. The zero-order chi connectivity index (χ0) is 17.2. The van der Waals surface area contributed by atoms with E-state index in [1.54, 1.807) is 42.1 Å². The average molecular weight is 403 g/mol. The third kappa shape index (κ3) is 4.45. The third-order valence-electron chi connectivity index (χ3n) is 3.54. The van der Waals surface area contributed by atoms with Crippen LogP contribution >= 0.6 is 24.2 Å². The summed E-state index contributed by atoms with van der Waals surface area (Å²) in [5.41, 5.74) is 1.23. The number of benzene rings is 2. The Morgan fingerprint density at radius 2 is 1.76 bits per heavy atom. The van der Waals surface area contributed by atoms with Crippen LogP contribution in [0, 0.1) is 0 Å². The molecule has 2 aromatic carbocycles. The molecule has 0 radical (unpaired) electrons. The Morgan fingerprint density at radius 1 is 1.08 bits per heavy atom. The second kappa shape index (κ2) is 8.07. The number of ether oxygens (including phenoxy) is 2. The summed E-state index contributed by atoms with van der Waals surface area (Å²) < 4.78 is 38.2. The van der Waals surface area contributed by atoms with Gasteiger partial charge in [-0.15, -0.1) is 24.2 Å². The molecular weight excluding hydrogens is 384 g/mol. The molecular formula is C16H19ClN2O4S2. The molecule has 1 aliphatic rings. The lowest BCUT2D eigenvalue weighted by atomic mass is 10.3. The van der Waals surface area contributed by atoms with Crippen LogP contribution in [0.2, 0.25) is 0 Å². The predicted octanol–water partition coefficient (Wildman–Crippen LogP) is 3.44. The van der Waals surface area contributed by atoms with Crippen molar-refractivity contribution in [2.75, 3.05) is 36.6 Å². The van der Waals surface area contributed by atoms with Gasteiger partial charge in [-0.05, 0) is 18.2 Å². The zero-order valence-electron chi connectivity index (χ0n) is 13.7. The van der Waals surface area contributed by atoms with Crippen molar-refractivity contribution in [3.05, 3.63) is 36.4 Å². The number of halogens is 1. The van der Waals surface area contributed by atoms with E-state index in [2.05, 4.69) is 10.0 Å². The highest BCUT2D eigenvalue weighted by molar-refractivity contribution is 7.99. The first-order valence-corrected chi connectivity index (χ1v) is 9.75. The van der Waals surface area contributed by atoms with Crippen molar-refractivity contribution in [1.29, 1.82) is 0 Å². The number of fused-ring (bicyclic) bond motifs is 1. The van der Waals surface area contributed by atoms with Gasteiger partial charge in [0, 0.05) is 41.1 Å². The first-order chi connectivity index (χ1) is 11.5. The van der Waals surface area contributed by atoms with Gasteiger partial charge in [0.2, 0.25) is 0 Å². The van der Waals surface area contributed by atoms with E-state index in [-0.39, 0.29) is 17.3 Å². The van der Waals surface area contributed by atoms with Gasteiger partial charge in [-0.1, -0.05) is 0 Å². The molecule has 9 heteroatoms. The number of methoxy groups -OCH3 is 2. The number of thioether (sulfide) groups is 1. The Kier molecular flexibility index (Phi) is 6.31. The van der Waals surface area contributed by atoms with Crippen LogP contribution in [-0.2, 0) is 10.0 Å². The quantitative estimate of drug-likeness (QED) is 0.797. The minimum absolute atomic E-state index is 0. The molecule has 0 atom stereocenters. The lowest BCUT2D eigenvalue weighted by molar-refractivity contribution is 0.395. The SMILES string of the molecule is COc1cc(NS(=O)(=O)c2ccc3c(c2)NCCS3)cc(OC)c1.Cl. The molecule has 3 rings (SSSR count). The summed E-state index contributed by atoms with van der Waals surface area (Å²) in [7, 11) is -0.680. The lowest BCUT2D eigenvalue weighted by Gasteiger charge is -2.18. The van der Waals surface area contributed by atoms with Crippen LogP contribution < -0.4 is 19.5 Å². The Morgan fingerprint density at radius 3 is 2.40 bits per heavy atom. The highest BCUT2D eigenvalue weighted by atomic mass is 35.5. The summed E-state index contributed by atoms with van der Waals surface area (Å²) in [6, 6.07) is 9.98. The summed E-state index contributed by atoms with van der Waals surface area (Å²) in [6.07, 6.45) is 0. The maximum absolute atomic E-state index is 12.7. The fourth-order valence-corrected chi connectivity index (χ4v) is 4.31. The van der Waals surface area contributed by atoms with E-state index in [1.165, 1.54) is 14.2 Å². The number of anilines is 2. The minimum Gasteiger partial charge on any atom is -0.497 e. The summed E-state index contributed by atoms with van der Waals surface area (Å²) in [4.78, 5) is 1.27. The number of hydrogen-bond donors (Lipinski definition) is 2. The molecule has 0 unspecified atom stereocenters. The fraction of sp³-hybridized carbons (Fsp3) is 0.250. The molecule has 0 fully saturated rings. The maximum Gasteiger partial charge on any atom is 0.261 e. The van der Waals surface area contributed by atoms with E-state index in [9.17, 15) is 8.42 Å². The standard InChI is InChI=1S/C16H18N2O4S2.ClH/c1-21-12-7-11(8-13(9-12)22-2)18-24(19,20)14-3-4-16-15(10-14)17-5-6-23-16;/h3-4,7-10,17-18H,5-6H2,1-2H3;1H. The molecule has 1 aliphatic heterocycles. The topological polar surface area (TPSA) is 76.7 Å². The van der Waals surface area contributed by atoms with Crippen LogP contribution in [0.5, 0.6) is 11.5 Å². The Hall–Kier alpha value is -1.77. The van der Waals surface area contributed by atoms with Crippen molar-refractivity contribution in [2.45, 2.75) is 9.79 Å². The number of rotatable bonds is 5. The van der Waals surface area contributed by atoms with Gasteiger partial charge in [-0.3, -0.25) is 4.72 Å². The molecule has 0 aliphatic carbocycles. The van der Waals surface area contributed by atoms with E-state index in [4.69, 9.17) is 9.47 Å². The summed E-state index contributed by atoms with van der Waals surface area (Å²) in [5.74, 6) is 1.99. The molecule has 6 nitrogen and oxygen atoms in total. The molecule has 0 saturated heterocycles. The van der Waals surface area contributed by atoms with Crippen LogP contribution in [0.4, 0.5) is 11.4 Å². The van der Waals surface area contributed by atoms with Gasteiger partial charge < -0.3 is 14.8 Å². The van der Waals surface area contributed by atoms with Crippen molar-refractivity contribution in [3.63, 3.8) is 0 Å². The Labute approximate surface area is 157 Å². The molecule has 2 N–H and O–H groups in total. The summed E-state index contributed by atoms with van der Waals surface area (Å²) in [6.45, 7) is 0.821.